The first-order chi connectivity index (χ1) is 13.8. The van der Waals surface area contributed by atoms with Crippen molar-refractivity contribution in [3.05, 3.63) is 82.6 Å². The summed E-state index contributed by atoms with van der Waals surface area (Å²) in [5.74, 6) is 0.305. The summed E-state index contributed by atoms with van der Waals surface area (Å²) < 4.78 is 0. The molecule has 1 amide bonds. The number of hydrogen-bond donors (Lipinski definition) is 1. The van der Waals surface area contributed by atoms with Crippen LogP contribution in [0.3, 0.4) is 0 Å². The van der Waals surface area contributed by atoms with Crippen LogP contribution < -0.4 is 5.32 Å². The summed E-state index contributed by atoms with van der Waals surface area (Å²) in [4.78, 5) is 24.7. The third kappa shape index (κ3) is 4.64. The lowest BCUT2D eigenvalue weighted by molar-refractivity contribution is 0.0879. The molecule has 2 unspecified atom stereocenters. The molecule has 6 heteroatoms. The fourth-order valence-corrected chi connectivity index (χ4v) is 4.50. The van der Waals surface area contributed by atoms with Gasteiger partial charge in [-0.05, 0) is 60.5 Å². The van der Waals surface area contributed by atoms with Gasteiger partial charge in [0.1, 0.15) is 0 Å². The van der Waals surface area contributed by atoms with Gasteiger partial charge in [0.2, 0.25) is 0 Å². The number of aromatic nitrogens is 2. The maximum atomic E-state index is 12.8. The van der Waals surface area contributed by atoms with E-state index < -0.39 is 0 Å². The summed E-state index contributed by atoms with van der Waals surface area (Å²) in [6.07, 6.45) is 7.73. The molecule has 1 fully saturated rings. The minimum atomic E-state index is -0.0903. The van der Waals surface area contributed by atoms with Gasteiger partial charge in [-0.25, -0.2) is 0 Å². The number of pyridine rings is 2. The van der Waals surface area contributed by atoms with Crippen LogP contribution in [0.5, 0.6) is 0 Å². The van der Waals surface area contributed by atoms with Crippen LogP contribution >= 0.6 is 11.3 Å². The van der Waals surface area contributed by atoms with Gasteiger partial charge in [0.15, 0.2) is 0 Å². The van der Waals surface area contributed by atoms with Crippen molar-refractivity contribution >= 4 is 17.2 Å². The van der Waals surface area contributed by atoms with E-state index in [-0.39, 0.29) is 11.9 Å². The second-order valence-electron chi connectivity index (χ2n) is 7.18. The lowest BCUT2D eigenvalue weighted by atomic mass is 9.88. The number of carbonyl (C=O) groups excluding carboxylic acids is 1. The molecule has 0 radical (unpaired) electrons. The first-order valence-corrected chi connectivity index (χ1v) is 10.5. The summed E-state index contributed by atoms with van der Waals surface area (Å²) in [5.41, 5.74) is 2.15. The highest BCUT2D eigenvalue weighted by atomic mass is 32.1. The third-order valence-corrected chi connectivity index (χ3v) is 6.05. The van der Waals surface area contributed by atoms with E-state index in [0.717, 1.165) is 43.0 Å². The van der Waals surface area contributed by atoms with E-state index >= 15 is 0 Å². The van der Waals surface area contributed by atoms with Crippen LogP contribution in [-0.2, 0) is 6.54 Å². The van der Waals surface area contributed by atoms with Crippen molar-refractivity contribution in [1.82, 2.24) is 20.2 Å². The Labute approximate surface area is 169 Å². The molecule has 1 N–H and O–H groups in total. The van der Waals surface area contributed by atoms with Crippen LogP contribution in [0.4, 0.5) is 0 Å². The molecule has 28 heavy (non-hydrogen) atoms. The van der Waals surface area contributed by atoms with Gasteiger partial charge >= 0.3 is 0 Å². The minimum absolute atomic E-state index is 0.0185. The largest absolute Gasteiger partial charge is 0.343 e. The van der Waals surface area contributed by atoms with Crippen molar-refractivity contribution in [3.8, 4) is 0 Å². The average molecular weight is 393 g/mol. The number of carbonyl (C=O) groups is 1. The van der Waals surface area contributed by atoms with Crippen LogP contribution in [0, 0.1) is 5.92 Å². The van der Waals surface area contributed by atoms with E-state index in [1.165, 1.54) is 16.9 Å². The highest BCUT2D eigenvalue weighted by Gasteiger charge is 2.30. The van der Waals surface area contributed by atoms with Gasteiger partial charge in [0, 0.05) is 31.7 Å². The predicted octanol–water partition coefficient (Wildman–Crippen LogP) is 3.92. The minimum Gasteiger partial charge on any atom is -0.343 e. The summed E-state index contributed by atoms with van der Waals surface area (Å²) in [5, 5.41) is 5.19. The molecule has 3 aromatic heterocycles. The Kier molecular flexibility index (Phi) is 6.09. The zero-order valence-corrected chi connectivity index (χ0v) is 16.5. The quantitative estimate of drug-likeness (QED) is 0.691. The molecule has 4 rings (SSSR count). The van der Waals surface area contributed by atoms with Gasteiger partial charge < -0.3 is 5.32 Å². The van der Waals surface area contributed by atoms with Crippen molar-refractivity contribution in [3.63, 3.8) is 0 Å². The van der Waals surface area contributed by atoms with Crippen LogP contribution in [0.15, 0.2) is 66.4 Å². The fourth-order valence-electron chi connectivity index (χ4n) is 3.87. The number of rotatable bonds is 6. The van der Waals surface area contributed by atoms with Gasteiger partial charge in [-0.1, -0.05) is 18.2 Å². The number of nitrogens with zero attached hydrogens (tertiary/aromatic N) is 3. The highest BCUT2D eigenvalue weighted by molar-refractivity contribution is 7.12. The zero-order chi connectivity index (χ0) is 19.2. The van der Waals surface area contributed by atoms with Gasteiger partial charge in [0.25, 0.3) is 5.91 Å². The molecule has 1 saturated heterocycles. The Morgan fingerprint density at radius 3 is 2.93 bits per heavy atom. The smallest absolute Gasteiger partial charge is 0.261 e. The highest BCUT2D eigenvalue weighted by Crippen LogP contribution is 2.30. The SMILES string of the molecule is O=C(NC(c1ccccn1)C1CCCN(Cc2cccnc2)C1)c1cccs1. The Hall–Kier alpha value is -2.57. The fraction of sp³-hybridized carbons (Fsp3) is 0.318. The number of piperidine rings is 1. The summed E-state index contributed by atoms with van der Waals surface area (Å²) >= 11 is 1.47. The van der Waals surface area contributed by atoms with Crippen molar-refractivity contribution in [2.75, 3.05) is 13.1 Å². The molecule has 1 aliphatic heterocycles. The maximum Gasteiger partial charge on any atom is 0.261 e. The molecule has 144 valence electrons. The van der Waals surface area contributed by atoms with Gasteiger partial charge in [0.05, 0.1) is 16.6 Å². The van der Waals surface area contributed by atoms with E-state index in [1.54, 1.807) is 12.4 Å². The van der Waals surface area contributed by atoms with E-state index in [1.807, 2.05) is 48.0 Å². The number of hydrogen-bond acceptors (Lipinski definition) is 5. The number of likely N-dealkylation sites (tertiary alicyclic amines) is 1. The Balaban J connectivity index is 1.51. The summed E-state index contributed by atoms with van der Waals surface area (Å²) in [6, 6.07) is 13.7. The molecule has 4 heterocycles. The molecule has 0 spiro atoms. The molecule has 0 bridgehead atoms. The van der Waals surface area contributed by atoms with Crippen LogP contribution in [-0.4, -0.2) is 33.9 Å². The maximum absolute atomic E-state index is 12.8. The monoisotopic (exact) mass is 392 g/mol. The number of thiophene rings is 1. The number of nitrogens with one attached hydrogen (secondary N) is 1. The summed E-state index contributed by atoms with van der Waals surface area (Å²) in [7, 11) is 0. The second kappa shape index (κ2) is 9.08. The van der Waals surface area contributed by atoms with E-state index in [0.29, 0.717) is 5.92 Å². The van der Waals surface area contributed by atoms with E-state index in [4.69, 9.17) is 0 Å². The van der Waals surface area contributed by atoms with Gasteiger partial charge in [-0.15, -0.1) is 11.3 Å². The standard InChI is InChI=1S/C22H24N4OS/c27-22(20-9-5-13-28-20)25-21(19-8-1-2-11-24-19)18-7-4-12-26(16-18)15-17-6-3-10-23-14-17/h1-3,5-6,8-11,13-14,18,21H,4,7,12,15-16H2,(H,25,27). The molecular formula is C22H24N4OS. The van der Waals surface area contributed by atoms with Crippen LogP contribution in [0.1, 0.15) is 39.8 Å². The Bertz CT molecular complexity index is 870. The molecule has 2 atom stereocenters. The first-order valence-electron chi connectivity index (χ1n) is 9.66. The molecule has 0 saturated carbocycles. The van der Waals surface area contributed by atoms with E-state index in [9.17, 15) is 4.79 Å². The van der Waals surface area contributed by atoms with E-state index in [2.05, 4.69) is 26.3 Å². The lowest BCUT2D eigenvalue weighted by Crippen LogP contribution is -2.43. The summed E-state index contributed by atoms with van der Waals surface area (Å²) in [6.45, 7) is 2.89. The molecule has 5 nitrogen and oxygen atoms in total. The van der Waals surface area contributed by atoms with Crippen molar-refractivity contribution < 1.29 is 4.79 Å². The molecule has 3 aromatic rings. The van der Waals surface area contributed by atoms with Crippen LogP contribution in [0.2, 0.25) is 0 Å². The normalized spacial score (nSPS) is 18.5. The first kappa shape index (κ1) is 18.8. The van der Waals surface area contributed by atoms with Gasteiger partial charge in [-0.3, -0.25) is 19.7 Å². The lowest BCUT2D eigenvalue weighted by Gasteiger charge is -2.37. The second-order valence-corrected chi connectivity index (χ2v) is 8.13. The molecule has 1 aliphatic rings. The van der Waals surface area contributed by atoms with Crippen molar-refractivity contribution in [2.24, 2.45) is 5.92 Å². The third-order valence-electron chi connectivity index (χ3n) is 5.18. The number of amides is 1. The average Bonchev–Trinajstić information content (AvgIpc) is 3.29. The van der Waals surface area contributed by atoms with Crippen LogP contribution in [0.25, 0.3) is 0 Å². The van der Waals surface area contributed by atoms with Gasteiger partial charge in [-0.2, -0.15) is 0 Å². The predicted molar refractivity (Wildman–Crippen MR) is 111 cm³/mol. The Morgan fingerprint density at radius 2 is 2.18 bits per heavy atom. The van der Waals surface area contributed by atoms with Crippen molar-refractivity contribution in [2.45, 2.75) is 25.4 Å². The Morgan fingerprint density at radius 1 is 1.21 bits per heavy atom. The van der Waals surface area contributed by atoms with Crippen molar-refractivity contribution in [1.29, 1.82) is 0 Å². The zero-order valence-electron chi connectivity index (χ0n) is 15.7. The topological polar surface area (TPSA) is 58.1 Å². The molecule has 0 aromatic carbocycles. The molecule has 0 aliphatic carbocycles. The molecular weight excluding hydrogens is 368 g/mol.